The number of nitrogen functional groups attached to an aromatic ring is 2. The normalized spacial score (nSPS) is 9.50. The van der Waals surface area contributed by atoms with Crippen molar-refractivity contribution in [3.8, 4) is 11.1 Å². The summed E-state index contributed by atoms with van der Waals surface area (Å²) in [5.74, 6) is 0. The highest BCUT2D eigenvalue weighted by atomic mass is 35.5. The van der Waals surface area contributed by atoms with Crippen molar-refractivity contribution in [1.82, 2.24) is 0 Å². The molecule has 4 N–H and O–H groups in total. The van der Waals surface area contributed by atoms with Crippen molar-refractivity contribution in [2.75, 3.05) is 11.5 Å². The summed E-state index contributed by atoms with van der Waals surface area (Å²) in [6, 6.07) is 12.4. The maximum atomic E-state index is 5.94. The first-order valence-corrected chi connectivity index (χ1v) is 6.42. The number of anilines is 2. The van der Waals surface area contributed by atoms with Gasteiger partial charge in [0.05, 0.1) is 0 Å². The number of aryl methyl sites for hydroxylation is 2. The van der Waals surface area contributed by atoms with Crippen LogP contribution in [-0.4, -0.2) is 0 Å². The molecule has 4 heteroatoms. The lowest BCUT2D eigenvalue weighted by Crippen LogP contribution is -1.95. The zero-order valence-electron chi connectivity index (χ0n) is 11.8. The maximum absolute atomic E-state index is 5.94. The van der Waals surface area contributed by atoms with Crippen molar-refractivity contribution in [1.29, 1.82) is 0 Å². The van der Waals surface area contributed by atoms with E-state index in [2.05, 4.69) is 38.1 Å². The molecule has 2 nitrogen and oxygen atoms in total. The lowest BCUT2D eigenvalue weighted by molar-refractivity contribution is 1.14. The van der Waals surface area contributed by atoms with E-state index in [0.717, 1.165) is 24.2 Å². The number of rotatable bonds is 3. The Morgan fingerprint density at radius 1 is 0.700 bits per heavy atom. The Kier molecular flexibility index (Phi) is 7.48. The Balaban J connectivity index is 0.00000180. The third-order valence-electron chi connectivity index (χ3n) is 3.38. The highest BCUT2D eigenvalue weighted by molar-refractivity contribution is 5.85. The standard InChI is InChI=1S/C16H20N2.2ClH/c1-3-11-9-13(5-7-15(11)17)14-6-8-16(18)12(4-2)10-14;;/h5-10H,3-4,17-18H2,1-2H3;2*1H. The zero-order chi connectivity index (χ0) is 13.1. The minimum absolute atomic E-state index is 0. The van der Waals surface area contributed by atoms with E-state index < -0.39 is 0 Å². The Labute approximate surface area is 133 Å². The van der Waals surface area contributed by atoms with Gasteiger partial charge in [0.25, 0.3) is 0 Å². The van der Waals surface area contributed by atoms with E-state index in [1.807, 2.05) is 12.1 Å². The SMILES string of the molecule is CCc1cc(-c2ccc(N)c(CC)c2)ccc1N.Cl.Cl. The van der Waals surface area contributed by atoms with Crippen LogP contribution in [0, 0.1) is 0 Å². The summed E-state index contributed by atoms with van der Waals surface area (Å²) in [7, 11) is 0. The van der Waals surface area contributed by atoms with Gasteiger partial charge in [0.2, 0.25) is 0 Å². The molecule has 0 amide bonds. The van der Waals surface area contributed by atoms with E-state index in [4.69, 9.17) is 11.5 Å². The third-order valence-corrected chi connectivity index (χ3v) is 3.38. The van der Waals surface area contributed by atoms with Crippen molar-refractivity contribution in [2.24, 2.45) is 0 Å². The summed E-state index contributed by atoms with van der Waals surface area (Å²) in [6.45, 7) is 4.24. The molecule has 2 rings (SSSR count). The number of nitrogens with two attached hydrogens (primary N) is 2. The predicted molar refractivity (Wildman–Crippen MR) is 94.0 cm³/mol. The average molecular weight is 313 g/mol. The minimum Gasteiger partial charge on any atom is -0.399 e. The van der Waals surface area contributed by atoms with Crippen LogP contribution in [0.25, 0.3) is 11.1 Å². The van der Waals surface area contributed by atoms with Gasteiger partial charge in [-0.15, -0.1) is 24.8 Å². The number of hydrogen-bond donors (Lipinski definition) is 2. The molecule has 110 valence electrons. The monoisotopic (exact) mass is 312 g/mol. The molecule has 0 aliphatic heterocycles. The molecule has 0 aliphatic rings. The summed E-state index contributed by atoms with van der Waals surface area (Å²) in [5, 5.41) is 0. The van der Waals surface area contributed by atoms with E-state index in [1.54, 1.807) is 0 Å². The van der Waals surface area contributed by atoms with Gasteiger partial charge in [-0.05, 0) is 59.4 Å². The predicted octanol–water partition coefficient (Wildman–Crippen LogP) is 4.49. The largest absolute Gasteiger partial charge is 0.399 e. The first-order valence-electron chi connectivity index (χ1n) is 6.42. The third kappa shape index (κ3) is 3.81. The van der Waals surface area contributed by atoms with Crippen molar-refractivity contribution >= 4 is 36.2 Å². The molecule has 0 saturated heterocycles. The molecule has 20 heavy (non-hydrogen) atoms. The summed E-state index contributed by atoms with van der Waals surface area (Å²) < 4.78 is 0. The summed E-state index contributed by atoms with van der Waals surface area (Å²) in [4.78, 5) is 0. The molecule has 0 unspecified atom stereocenters. The fraction of sp³-hybridized carbons (Fsp3) is 0.250. The maximum Gasteiger partial charge on any atom is 0.0346 e. The van der Waals surface area contributed by atoms with Crippen LogP contribution in [0.2, 0.25) is 0 Å². The van der Waals surface area contributed by atoms with Gasteiger partial charge in [0, 0.05) is 11.4 Å². The highest BCUT2D eigenvalue weighted by Gasteiger charge is 2.04. The van der Waals surface area contributed by atoms with Crippen LogP contribution in [0.3, 0.4) is 0 Å². The molecule has 0 spiro atoms. The van der Waals surface area contributed by atoms with Gasteiger partial charge in [-0.2, -0.15) is 0 Å². The first-order chi connectivity index (χ1) is 8.65. The minimum atomic E-state index is 0. The quantitative estimate of drug-likeness (QED) is 0.821. The highest BCUT2D eigenvalue weighted by Crippen LogP contribution is 2.27. The Morgan fingerprint density at radius 2 is 1.05 bits per heavy atom. The van der Waals surface area contributed by atoms with Crippen LogP contribution >= 0.6 is 24.8 Å². The van der Waals surface area contributed by atoms with E-state index in [-0.39, 0.29) is 24.8 Å². The van der Waals surface area contributed by atoms with Gasteiger partial charge in [-0.1, -0.05) is 26.0 Å². The Hall–Kier alpha value is -1.38. The Morgan fingerprint density at radius 3 is 1.35 bits per heavy atom. The lowest BCUT2D eigenvalue weighted by atomic mass is 9.98. The number of benzene rings is 2. The van der Waals surface area contributed by atoms with Gasteiger partial charge in [-0.25, -0.2) is 0 Å². The van der Waals surface area contributed by atoms with Crippen LogP contribution in [0.5, 0.6) is 0 Å². The van der Waals surface area contributed by atoms with E-state index in [0.29, 0.717) is 0 Å². The molecule has 0 aromatic heterocycles. The molecule has 0 heterocycles. The van der Waals surface area contributed by atoms with Gasteiger partial charge in [0.15, 0.2) is 0 Å². The van der Waals surface area contributed by atoms with E-state index in [1.165, 1.54) is 22.3 Å². The summed E-state index contributed by atoms with van der Waals surface area (Å²) in [5.41, 5.74) is 18.4. The molecule has 0 radical (unpaired) electrons. The molecule has 0 bridgehead atoms. The first kappa shape index (κ1) is 18.6. The number of hydrogen-bond acceptors (Lipinski definition) is 2. The van der Waals surface area contributed by atoms with Crippen LogP contribution in [-0.2, 0) is 12.8 Å². The second-order valence-corrected chi connectivity index (χ2v) is 4.53. The van der Waals surface area contributed by atoms with Crippen LogP contribution in [0.1, 0.15) is 25.0 Å². The van der Waals surface area contributed by atoms with Gasteiger partial charge >= 0.3 is 0 Å². The summed E-state index contributed by atoms with van der Waals surface area (Å²) >= 11 is 0. The zero-order valence-corrected chi connectivity index (χ0v) is 13.5. The average Bonchev–Trinajstić information content (AvgIpc) is 2.40. The van der Waals surface area contributed by atoms with Crippen molar-refractivity contribution in [3.05, 3.63) is 47.5 Å². The molecule has 0 saturated carbocycles. The van der Waals surface area contributed by atoms with Crippen molar-refractivity contribution in [3.63, 3.8) is 0 Å². The van der Waals surface area contributed by atoms with Crippen LogP contribution < -0.4 is 11.5 Å². The lowest BCUT2D eigenvalue weighted by Gasteiger charge is -2.10. The second kappa shape index (κ2) is 8.03. The molecule has 0 atom stereocenters. The van der Waals surface area contributed by atoms with Crippen LogP contribution in [0.15, 0.2) is 36.4 Å². The molecule has 0 fully saturated rings. The molecule has 0 aliphatic carbocycles. The van der Waals surface area contributed by atoms with Crippen LogP contribution in [0.4, 0.5) is 11.4 Å². The number of halogens is 2. The topological polar surface area (TPSA) is 52.0 Å². The van der Waals surface area contributed by atoms with Gasteiger partial charge < -0.3 is 11.5 Å². The van der Waals surface area contributed by atoms with E-state index in [9.17, 15) is 0 Å². The van der Waals surface area contributed by atoms with Crippen molar-refractivity contribution in [2.45, 2.75) is 26.7 Å². The molecule has 2 aromatic rings. The summed E-state index contributed by atoms with van der Waals surface area (Å²) in [6.07, 6.45) is 1.91. The second-order valence-electron chi connectivity index (χ2n) is 4.53. The molecule has 2 aromatic carbocycles. The fourth-order valence-corrected chi connectivity index (χ4v) is 2.18. The van der Waals surface area contributed by atoms with Gasteiger partial charge in [0.1, 0.15) is 0 Å². The van der Waals surface area contributed by atoms with E-state index >= 15 is 0 Å². The van der Waals surface area contributed by atoms with Crippen molar-refractivity contribution < 1.29 is 0 Å². The molecular formula is C16H22Cl2N2. The van der Waals surface area contributed by atoms with Gasteiger partial charge in [-0.3, -0.25) is 0 Å². The smallest absolute Gasteiger partial charge is 0.0346 e. The fourth-order valence-electron chi connectivity index (χ4n) is 2.18. The Bertz CT molecular complexity index is 517. The molecular weight excluding hydrogens is 291 g/mol.